The summed E-state index contributed by atoms with van der Waals surface area (Å²) < 4.78 is 10.6. The molecule has 0 aromatic heterocycles. The minimum absolute atomic E-state index is 0.129. The lowest BCUT2D eigenvalue weighted by atomic mass is 10.1. The first-order chi connectivity index (χ1) is 11.9. The molecule has 0 atom stereocenters. The summed E-state index contributed by atoms with van der Waals surface area (Å²) in [5.41, 5.74) is 2.67. The van der Waals surface area contributed by atoms with Crippen LogP contribution in [0, 0.1) is 13.8 Å². The van der Waals surface area contributed by atoms with E-state index in [2.05, 4.69) is 10.6 Å². The molecule has 0 heterocycles. The largest absolute Gasteiger partial charge is 0.495 e. The van der Waals surface area contributed by atoms with E-state index in [0.717, 1.165) is 11.1 Å². The van der Waals surface area contributed by atoms with Crippen molar-refractivity contribution in [2.24, 2.45) is 0 Å². The first-order valence-corrected chi connectivity index (χ1v) is 8.32. The summed E-state index contributed by atoms with van der Waals surface area (Å²) in [7, 11) is 1.54. The van der Waals surface area contributed by atoms with Crippen molar-refractivity contribution in [1.29, 1.82) is 0 Å². The van der Waals surface area contributed by atoms with Gasteiger partial charge in [0, 0.05) is 5.69 Å². The van der Waals surface area contributed by atoms with E-state index in [-0.39, 0.29) is 17.6 Å². The number of carbonyl (C=O) groups is 1. The number of hydrogen-bond donors (Lipinski definition) is 2. The molecule has 0 radical (unpaired) electrons. The zero-order valence-corrected chi connectivity index (χ0v) is 15.8. The average molecular weight is 379 g/mol. The summed E-state index contributed by atoms with van der Waals surface area (Å²) in [5, 5.41) is 6.06. The van der Waals surface area contributed by atoms with Gasteiger partial charge in [0.15, 0.2) is 11.7 Å². The smallest absolute Gasteiger partial charge is 0.264 e. The molecule has 2 N–H and O–H groups in total. The molecule has 0 fully saturated rings. The number of benzene rings is 2. The third-order valence-corrected chi connectivity index (χ3v) is 3.86. The molecule has 0 aliphatic carbocycles. The summed E-state index contributed by atoms with van der Waals surface area (Å²) >= 11 is 11.2. The number of rotatable bonds is 5. The van der Waals surface area contributed by atoms with Gasteiger partial charge in [-0.05, 0) is 61.5 Å². The number of methoxy groups -OCH3 is 1. The third kappa shape index (κ3) is 5.62. The molecular weight excluding hydrogens is 360 g/mol. The van der Waals surface area contributed by atoms with Crippen LogP contribution in [-0.2, 0) is 4.79 Å². The van der Waals surface area contributed by atoms with Crippen LogP contribution in [-0.4, -0.2) is 24.7 Å². The molecule has 2 aromatic carbocycles. The van der Waals surface area contributed by atoms with Crippen molar-refractivity contribution in [3.8, 4) is 11.5 Å². The SMILES string of the molecule is COc1ccc(NC(=S)NC(=O)COc2cc(C)ccc2C)cc1Cl. The van der Waals surface area contributed by atoms with Gasteiger partial charge in [-0.2, -0.15) is 0 Å². The second-order valence-corrected chi connectivity index (χ2v) is 6.22. The summed E-state index contributed by atoms with van der Waals surface area (Å²) in [6.45, 7) is 3.76. The molecule has 7 heteroatoms. The topological polar surface area (TPSA) is 59.6 Å². The monoisotopic (exact) mass is 378 g/mol. The van der Waals surface area contributed by atoms with Crippen LogP contribution in [0.2, 0.25) is 5.02 Å². The molecule has 0 unspecified atom stereocenters. The Labute approximate surface area is 157 Å². The first kappa shape index (κ1) is 19.0. The van der Waals surface area contributed by atoms with Crippen LogP contribution in [0.15, 0.2) is 36.4 Å². The van der Waals surface area contributed by atoms with Gasteiger partial charge < -0.3 is 14.8 Å². The maximum Gasteiger partial charge on any atom is 0.264 e. The van der Waals surface area contributed by atoms with Gasteiger partial charge in [-0.3, -0.25) is 10.1 Å². The number of halogens is 1. The highest BCUT2D eigenvalue weighted by Crippen LogP contribution is 2.27. The van der Waals surface area contributed by atoms with Crippen molar-refractivity contribution in [3.05, 3.63) is 52.5 Å². The van der Waals surface area contributed by atoms with Crippen LogP contribution in [0.1, 0.15) is 11.1 Å². The Morgan fingerprint density at radius 2 is 1.92 bits per heavy atom. The molecule has 0 aliphatic rings. The quantitative estimate of drug-likeness (QED) is 0.774. The molecule has 0 spiro atoms. The van der Waals surface area contributed by atoms with E-state index < -0.39 is 0 Å². The van der Waals surface area contributed by atoms with E-state index in [0.29, 0.717) is 22.2 Å². The standard InChI is InChI=1S/C18H19ClN2O3S/c1-11-4-5-12(2)16(8-11)24-10-17(22)21-18(25)20-13-6-7-15(23-3)14(19)9-13/h4-9H,10H2,1-3H3,(H2,20,21,22,25). The minimum Gasteiger partial charge on any atom is -0.495 e. The zero-order valence-electron chi connectivity index (χ0n) is 14.2. The van der Waals surface area contributed by atoms with E-state index in [4.69, 9.17) is 33.3 Å². The Morgan fingerprint density at radius 3 is 2.60 bits per heavy atom. The Balaban J connectivity index is 1.86. The van der Waals surface area contributed by atoms with E-state index in [1.807, 2.05) is 32.0 Å². The number of amides is 1. The van der Waals surface area contributed by atoms with Crippen molar-refractivity contribution >= 4 is 40.5 Å². The number of carbonyl (C=O) groups excluding carboxylic acids is 1. The number of thiocarbonyl (C=S) groups is 1. The van der Waals surface area contributed by atoms with Crippen LogP contribution >= 0.6 is 23.8 Å². The van der Waals surface area contributed by atoms with Gasteiger partial charge in [-0.1, -0.05) is 23.7 Å². The van der Waals surface area contributed by atoms with E-state index >= 15 is 0 Å². The van der Waals surface area contributed by atoms with Crippen LogP contribution in [0.3, 0.4) is 0 Å². The molecule has 0 saturated carbocycles. The Hall–Kier alpha value is -2.31. The molecular formula is C18H19ClN2O3S. The molecule has 2 rings (SSSR count). The molecule has 0 bridgehead atoms. The van der Waals surface area contributed by atoms with Crippen LogP contribution in [0.5, 0.6) is 11.5 Å². The molecule has 0 saturated heterocycles. The third-order valence-electron chi connectivity index (χ3n) is 3.37. The lowest BCUT2D eigenvalue weighted by Gasteiger charge is -2.12. The number of hydrogen-bond acceptors (Lipinski definition) is 4. The molecule has 132 valence electrons. The summed E-state index contributed by atoms with van der Waals surface area (Å²) in [5.74, 6) is 0.887. The van der Waals surface area contributed by atoms with Gasteiger partial charge in [0.1, 0.15) is 11.5 Å². The van der Waals surface area contributed by atoms with Crippen molar-refractivity contribution < 1.29 is 14.3 Å². The molecule has 25 heavy (non-hydrogen) atoms. The minimum atomic E-state index is -0.349. The van der Waals surface area contributed by atoms with Crippen molar-refractivity contribution in [1.82, 2.24) is 5.32 Å². The van der Waals surface area contributed by atoms with Crippen LogP contribution < -0.4 is 20.1 Å². The zero-order chi connectivity index (χ0) is 18.4. The Bertz CT molecular complexity index is 796. The highest BCUT2D eigenvalue weighted by Gasteiger charge is 2.09. The maximum absolute atomic E-state index is 12.0. The lowest BCUT2D eigenvalue weighted by Crippen LogP contribution is -2.37. The van der Waals surface area contributed by atoms with Gasteiger partial charge >= 0.3 is 0 Å². The fourth-order valence-electron chi connectivity index (χ4n) is 2.08. The van der Waals surface area contributed by atoms with Gasteiger partial charge in [0.25, 0.3) is 5.91 Å². The van der Waals surface area contributed by atoms with Crippen molar-refractivity contribution in [2.75, 3.05) is 19.0 Å². The molecule has 5 nitrogen and oxygen atoms in total. The first-order valence-electron chi connectivity index (χ1n) is 7.53. The van der Waals surface area contributed by atoms with Crippen molar-refractivity contribution in [2.45, 2.75) is 13.8 Å². The lowest BCUT2D eigenvalue weighted by molar-refractivity contribution is -0.121. The fraction of sp³-hybridized carbons (Fsp3) is 0.222. The van der Waals surface area contributed by atoms with Gasteiger partial charge in [0.05, 0.1) is 12.1 Å². The Kier molecular flexibility index (Phi) is 6.61. The highest BCUT2D eigenvalue weighted by molar-refractivity contribution is 7.80. The molecule has 2 aromatic rings. The second kappa shape index (κ2) is 8.69. The summed E-state index contributed by atoms with van der Waals surface area (Å²) in [6.07, 6.45) is 0. The number of anilines is 1. The fourth-order valence-corrected chi connectivity index (χ4v) is 2.56. The molecule has 1 amide bonds. The van der Waals surface area contributed by atoms with Gasteiger partial charge in [-0.25, -0.2) is 0 Å². The summed E-state index contributed by atoms with van der Waals surface area (Å²) in [4.78, 5) is 12.0. The number of nitrogens with one attached hydrogen (secondary N) is 2. The predicted molar refractivity (Wildman–Crippen MR) is 104 cm³/mol. The van der Waals surface area contributed by atoms with Crippen LogP contribution in [0.25, 0.3) is 0 Å². The van der Waals surface area contributed by atoms with Gasteiger partial charge in [0.2, 0.25) is 0 Å². The molecule has 0 aliphatic heterocycles. The average Bonchev–Trinajstić information content (AvgIpc) is 2.55. The van der Waals surface area contributed by atoms with Crippen molar-refractivity contribution in [3.63, 3.8) is 0 Å². The summed E-state index contributed by atoms with van der Waals surface area (Å²) in [6, 6.07) is 10.9. The predicted octanol–water partition coefficient (Wildman–Crippen LogP) is 3.86. The van der Waals surface area contributed by atoms with E-state index in [1.54, 1.807) is 18.2 Å². The normalized spacial score (nSPS) is 10.1. The van der Waals surface area contributed by atoms with E-state index in [9.17, 15) is 4.79 Å². The van der Waals surface area contributed by atoms with E-state index in [1.165, 1.54) is 7.11 Å². The second-order valence-electron chi connectivity index (χ2n) is 5.41. The van der Waals surface area contributed by atoms with Crippen LogP contribution in [0.4, 0.5) is 5.69 Å². The highest BCUT2D eigenvalue weighted by atomic mass is 35.5. The van der Waals surface area contributed by atoms with Gasteiger partial charge in [-0.15, -0.1) is 0 Å². The number of aryl methyl sites for hydroxylation is 2. The maximum atomic E-state index is 12.0. The number of ether oxygens (including phenoxy) is 2. The Morgan fingerprint density at radius 1 is 1.16 bits per heavy atom.